The molecule has 0 spiro atoms. The Morgan fingerprint density at radius 3 is 1.91 bits per heavy atom. The van der Waals surface area contributed by atoms with Crippen molar-refractivity contribution in [2.45, 2.75) is 6.61 Å². The third-order valence-electron chi connectivity index (χ3n) is 1.26. The van der Waals surface area contributed by atoms with Crippen LogP contribution in [0.15, 0.2) is 12.1 Å². The SMILES string of the molecule is OCc1c(I)cc(I)cc1I. The van der Waals surface area contributed by atoms with Gasteiger partial charge in [-0.25, -0.2) is 0 Å². The average molecular weight is 486 g/mol. The molecule has 11 heavy (non-hydrogen) atoms. The molecule has 0 aliphatic heterocycles. The van der Waals surface area contributed by atoms with Crippen LogP contribution in [0.4, 0.5) is 0 Å². The smallest absolute Gasteiger partial charge is 0.0702 e. The molecule has 1 aromatic carbocycles. The summed E-state index contributed by atoms with van der Waals surface area (Å²) in [5.41, 5.74) is 1.03. The molecular weight excluding hydrogens is 481 g/mol. The highest BCUT2D eigenvalue weighted by Crippen LogP contribution is 2.22. The van der Waals surface area contributed by atoms with Gasteiger partial charge in [-0.3, -0.25) is 0 Å². The van der Waals surface area contributed by atoms with Crippen LogP contribution in [-0.2, 0) is 6.61 Å². The van der Waals surface area contributed by atoms with Crippen molar-refractivity contribution in [1.29, 1.82) is 0 Å². The maximum Gasteiger partial charge on any atom is 0.0702 e. The van der Waals surface area contributed by atoms with Gasteiger partial charge in [0, 0.05) is 16.3 Å². The van der Waals surface area contributed by atoms with Crippen LogP contribution in [0.25, 0.3) is 0 Å². The van der Waals surface area contributed by atoms with Gasteiger partial charge < -0.3 is 5.11 Å². The molecule has 1 N–H and O–H groups in total. The summed E-state index contributed by atoms with van der Waals surface area (Å²) in [5.74, 6) is 0. The van der Waals surface area contributed by atoms with Gasteiger partial charge in [-0.1, -0.05) is 0 Å². The molecule has 1 nitrogen and oxygen atoms in total. The molecule has 0 saturated carbocycles. The van der Waals surface area contributed by atoms with Crippen molar-refractivity contribution in [3.8, 4) is 0 Å². The predicted octanol–water partition coefficient (Wildman–Crippen LogP) is 2.99. The number of aliphatic hydroxyl groups is 1. The molecule has 0 aliphatic rings. The van der Waals surface area contributed by atoms with Gasteiger partial charge in [0.25, 0.3) is 0 Å². The fourth-order valence-corrected chi connectivity index (χ4v) is 4.65. The fraction of sp³-hybridized carbons (Fsp3) is 0.143. The first-order valence-electron chi connectivity index (χ1n) is 2.89. The Morgan fingerprint density at radius 2 is 1.55 bits per heavy atom. The first-order valence-corrected chi connectivity index (χ1v) is 6.13. The van der Waals surface area contributed by atoms with Crippen LogP contribution in [-0.4, -0.2) is 5.11 Å². The van der Waals surface area contributed by atoms with Crippen LogP contribution in [0, 0.1) is 10.7 Å². The monoisotopic (exact) mass is 486 g/mol. The maximum absolute atomic E-state index is 8.98. The van der Waals surface area contributed by atoms with Crippen LogP contribution in [0.1, 0.15) is 5.56 Å². The highest BCUT2D eigenvalue weighted by molar-refractivity contribution is 14.1. The third-order valence-corrected chi connectivity index (χ3v) is 3.81. The van der Waals surface area contributed by atoms with Crippen molar-refractivity contribution in [2.75, 3.05) is 0 Å². The lowest BCUT2D eigenvalue weighted by Crippen LogP contribution is -1.93. The Kier molecular flexibility index (Phi) is 4.33. The number of benzene rings is 1. The van der Waals surface area contributed by atoms with Crippen molar-refractivity contribution in [1.82, 2.24) is 0 Å². The number of rotatable bonds is 1. The zero-order chi connectivity index (χ0) is 8.43. The largest absolute Gasteiger partial charge is 0.392 e. The second-order valence-corrected chi connectivity index (χ2v) is 5.58. The number of hydrogen-bond donors (Lipinski definition) is 1. The van der Waals surface area contributed by atoms with Crippen molar-refractivity contribution in [3.05, 3.63) is 28.4 Å². The second kappa shape index (κ2) is 4.56. The summed E-state index contributed by atoms with van der Waals surface area (Å²) in [4.78, 5) is 0. The third kappa shape index (κ3) is 2.66. The predicted molar refractivity (Wildman–Crippen MR) is 70.5 cm³/mol. The minimum Gasteiger partial charge on any atom is -0.392 e. The topological polar surface area (TPSA) is 20.2 Å². The zero-order valence-electron chi connectivity index (χ0n) is 5.44. The van der Waals surface area contributed by atoms with Crippen molar-refractivity contribution in [2.24, 2.45) is 0 Å². The molecule has 0 heterocycles. The molecule has 0 bridgehead atoms. The van der Waals surface area contributed by atoms with E-state index < -0.39 is 0 Å². The van der Waals surface area contributed by atoms with Gasteiger partial charge in [0.05, 0.1) is 6.61 Å². The molecule has 0 fully saturated rings. The first-order chi connectivity index (χ1) is 5.15. The molecular formula is C7H5I3O. The number of hydrogen-bond acceptors (Lipinski definition) is 1. The highest BCUT2D eigenvalue weighted by atomic mass is 127. The molecule has 1 aromatic rings. The Hall–Kier alpha value is 1.37. The molecule has 0 atom stereocenters. The Bertz CT molecular complexity index is 249. The molecule has 0 unspecified atom stereocenters. The van der Waals surface area contributed by atoms with E-state index in [1.807, 2.05) is 0 Å². The van der Waals surface area contributed by atoms with Gasteiger partial charge in [0.1, 0.15) is 0 Å². The minimum atomic E-state index is 0.132. The van der Waals surface area contributed by atoms with E-state index in [4.69, 9.17) is 5.11 Å². The van der Waals surface area contributed by atoms with E-state index in [0.29, 0.717) is 0 Å². The van der Waals surface area contributed by atoms with E-state index in [9.17, 15) is 0 Å². The van der Waals surface area contributed by atoms with Gasteiger partial charge in [0.2, 0.25) is 0 Å². The first kappa shape index (κ1) is 10.5. The lowest BCUT2D eigenvalue weighted by molar-refractivity contribution is 0.280. The van der Waals surface area contributed by atoms with E-state index in [1.165, 1.54) is 3.57 Å². The standard InChI is InChI=1S/C7H5I3O/c8-4-1-6(9)5(3-11)7(10)2-4/h1-2,11H,3H2. The lowest BCUT2D eigenvalue weighted by Gasteiger charge is -2.03. The van der Waals surface area contributed by atoms with Gasteiger partial charge in [-0.05, 0) is 79.9 Å². The summed E-state index contributed by atoms with van der Waals surface area (Å²) in [5, 5.41) is 8.98. The molecule has 0 radical (unpaired) electrons. The van der Waals surface area contributed by atoms with E-state index in [0.717, 1.165) is 12.7 Å². The summed E-state index contributed by atoms with van der Waals surface area (Å²) in [7, 11) is 0. The number of aliphatic hydroxyl groups excluding tert-OH is 1. The second-order valence-electron chi connectivity index (χ2n) is 2.01. The molecule has 0 aliphatic carbocycles. The summed E-state index contributed by atoms with van der Waals surface area (Å²) in [6.07, 6.45) is 0. The molecule has 0 amide bonds. The summed E-state index contributed by atoms with van der Waals surface area (Å²) in [6.45, 7) is 0.132. The highest BCUT2D eigenvalue weighted by Gasteiger charge is 2.04. The number of halogens is 3. The Balaban J connectivity index is 3.25. The van der Waals surface area contributed by atoms with E-state index in [1.54, 1.807) is 0 Å². The van der Waals surface area contributed by atoms with Gasteiger partial charge in [-0.2, -0.15) is 0 Å². The van der Waals surface area contributed by atoms with E-state index in [-0.39, 0.29) is 6.61 Å². The van der Waals surface area contributed by atoms with Crippen molar-refractivity contribution in [3.63, 3.8) is 0 Å². The lowest BCUT2D eigenvalue weighted by atomic mass is 10.2. The fourth-order valence-electron chi connectivity index (χ4n) is 0.723. The molecule has 1 rings (SSSR count). The van der Waals surface area contributed by atoms with Gasteiger partial charge in [-0.15, -0.1) is 0 Å². The van der Waals surface area contributed by atoms with Crippen molar-refractivity contribution < 1.29 is 5.11 Å². The summed E-state index contributed by atoms with van der Waals surface area (Å²) < 4.78 is 3.50. The molecule has 0 saturated heterocycles. The van der Waals surface area contributed by atoms with Crippen LogP contribution in [0.5, 0.6) is 0 Å². The van der Waals surface area contributed by atoms with Crippen molar-refractivity contribution >= 4 is 67.8 Å². The summed E-state index contributed by atoms with van der Waals surface area (Å²) >= 11 is 6.76. The van der Waals surface area contributed by atoms with Gasteiger partial charge in [0.15, 0.2) is 0 Å². The molecule has 60 valence electrons. The Morgan fingerprint density at radius 1 is 1.09 bits per heavy atom. The van der Waals surface area contributed by atoms with Gasteiger partial charge >= 0.3 is 0 Å². The quantitative estimate of drug-likeness (QED) is 0.607. The van der Waals surface area contributed by atoms with Crippen LogP contribution >= 0.6 is 67.8 Å². The van der Waals surface area contributed by atoms with E-state index in [2.05, 4.69) is 79.9 Å². The maximum atomic E-state index is 8.98. The van der Waals surface area contributed by atoms with Crippen LogP contribution < -0.4 is 0 Å². The minimum absolute atomic E-state index is 0.132. The normalized spacial score (nSPS) is 10.2. The Labute approximate surface area is 106 Å². The average Bonchev–Trinajstić information content (AvgIpc) is 1.85. The molecule has 0 aromatic heterocycles. The van der Waals surface area contributed by atoms with Crippen LogP contribution in [0.2, 0.25) is 0 Å². The molecule has 4 heteroatoms. The van der Waals surface area contributed by atoms with E-state index >= 15 is 0 Å². The zero-order valence-corrected chi connectivity index (χ0v) is 11.9. The summed E-state index contributed by atoms with van der Waals surface area (Å²) in [6, 6.07) is 4.13. The van der Waals surface area contributed by atoms with Crippen LogP contribution in [0.3, 0.4) is 0 Å².